The van der Waals surface area contributed by atoms with Crippen LogP contribution in [0.1, 0.15) is 30.1 Å². The molecule has 1 aliphatic heterocycles. The second kappa shape index (κ2) is 4.88. The number of likely N-dealkylation sites (tertiary alicyclic amines) is 1. The van der Waals surface area contributed by atoms with E-state index in [1.165, 1.54) is 10.6 Å². The molecule has 0 radical (unpaired) electrons. The second-order valence-corrected chi connectivity index (χ2v) is 5.37. The molecule has 0 spiro atoms. The zero-order valence-electron chi connectivity index (χ0n) is 11.2. The average Bonchev–Trinajstić information content (AvgIpc) is 2.41. The van der Waals surface area contributed by atoms with Crippen molar-refractivity contribution in [1.29, 1.82) is 5.26 Å². The summed E-state index contributed by atoms with van der Waals surface area (Å²) < 4.78 is 1.39. The van der Waals surface area contributed by atoms with Crippen molar-refractivity contribution in [2.24, 2.45) is 12.5 Å². The van der Waals surface area contributed by atoms with Gasteiger partial charge in [0.15, 0.2) is 0 Å². The summed E-state index contributed by atoms with van der Waals surface area (Å²) in [7, 11) is 1.62. The van der Waals surface area contributed by atoms with Crippen LogP contribution >= 0.6 is 0 Å². The summed E-state index contributed by atoms with van der Waals surface area (Å²) >= 11 is 0. The van der Waals surface area contributed by atoms with Crippen molar-refractivity contribution in [2.75, 3.05) is 13.1 Å². The fourth-order valence-electron chi connectivity index (χ4n) is 2.41. The van der Waals surface area contributed by atoms with E-state index < -0.39 is 5.41 Å². The predicted molar refractivity (Wildman–Crippen MR) is 70.5 cm³/mol. The van der Waals surface area contributed by atoms with Gasteiger partial charge in [0, 0.05) is 32.4 Å². The highest BCUT2D eigenvalue weighted by Gasteiger charge is 2.33. The van der Waals surface area contributed by atoms with Crippen molar-refractivity contribution in [3.8, 4) is 6.07 Å². The lowest BCUT2D eigenvalue weighted by Gasteiger charge is -2.36. The molecule has 5 heteroatoms. The molecule has 1 aromatic rings. The topological polar surface area (TPSA) is 66.1 Å². The lowest BCUT2D eigenvalue weighted by molar-refractivity contribution is 0.0629. The van der Waals surface area contributed by atoms with Crippen LogP contribution in [0.2, 0.25) is 0 Å². The van der Waals surface area contributed by atoms with Gasteiger partial charge in [-0.15, -0.1) is 0 Å². The van der Waals surface area contributed by atoms with E-state index in [9.17, 15) is 9.59 Å². The summed E-state index contributed by atoms with van der Waals surface area (Å²) in [5.74, 6) is -0.114. The predicted octanol–water partition coefficient (Wildman–Crippen LogP) is 1.15. The van der Waals surface area contributed by atoms with Gasteiger partial charge in [-0.3, -0.25) is 9.59 Å². The molecule has 0 bridgehead atoms. The molecule has 0 aliphatic carbocycles. The zero-order valence-corrected chi connectivity index (χ0v) is 11.2. The second-order valence-electron chi connectivity index (χ2n) is 5.37. The van der Waals surface area contributed by atoms with E-state index in [1.807, 2.05) is 6.92 Å². The van der Waals surface area contributed by atoms with Crippen LogP contribution in [0.25, 0.3) is 0 Å². The van der Waals surface area contributed by atoms with E-state index >= 15 is 0 Å². The Bertz CT molecular complexity index is 599. The molecule has 5 nitrogen and oxygen atoms in total. The number of pyridine rings is 1. The van der Waals surface area contributed by atoms with Crippen LogP contribution in [-0.2, 0) is 7.05 Å². The third-order valence-electron chi connectivity index (χ3n) is 3.59. The Labute approximate surface area is 112 Å². The van der Waals surface area contributed by atoms with Crippen LogP contribution in [0, 0.1) is 16.7 Å². The van der Waals surface area contributed by atoms with E-state index in [-0.39, 0.29) is 11.5 Å². The minimum absolute atomic E-state index is 0.114. The van der Waals surface area contributed by atoms with E-state index in [4.69, 9.17) is 5.26 Å². The summed E-state index contributed by atoms with van der Waals surface area (Å²) in [5, 5.41) is 9.17. The quantitative estimate of drug-likeness (QED) is 0.760. The molecule has 1 atom stereocenters. The molecule has 100 valence electrons. The van der Waals surface area contributed by atoms with Crippen molar-refractivity contribution in [3.63, 3.8) is 0 Å². The van der Waals surface area contributed by atoms with Gasteiger partial charge < -0.3 is 9.47 Å². The summed E-state index contributed by atoms with van der Waals surface area (Å²) in [4.78, 5) is 25.4. The molecule has 0 saturated carbocycles. The van der Waals surface area contributed by atoms with Gasteiger partial charge in [-0.25, -0.2) is 0 Å². The van der Waals surface area contributed by atoms with Crippen LogP contribution < -0.4 is 5.56 Å². The SMILES string of the molecule is Cn1cc(C(=O)N2CCC[C@@](C)(C#N)C2)ccc1=O. The van der Waals surface area contributed by atoms with Crippen molar-refractivity contribution in [3.05, 3.63) is 34.2 Å². The largest absolute Gasteiger partial charge is 0.337 e. The van der Waals surface area contributed by atoms with Gasteiger partial charge in [-0.1, -0.05) is 0 Å². The number of rotatable bonds is 1. The molecule has 1 aromatic heterocycles. The molecular weight excluding hydrogens is 242 g/mol. The first-order valence-corrected chi connectivity index (χ1v) is 6.32. The maximum absolute atomic E-state index is 12.4. The highest BCUT2D eigenvalue weighted by atomic mass is 16.2. The number of hydrogen-bond donors (Lipinski definition) is 0. The van der Waals surface area contributed by atoms with Crippen LogP contribution in [0.3, 0.4) is 0 Å². The molecule has 1 saturated heterocycles. The number of carbonyl (C=O) groups excluding carboxylic acids is 1. The number of carbonyl (C=O) groups is 1. The average molecular weight is 259 g/mol. The summed E-state index contributed by atoms with van der Waals surface area (Å²) in [5.41, 5.74) is -0.115. The maximum Gasteiger partial charge on any atom is 0.255 e. The van der Waals surface area contributed by atoms with Gasteiger partial charge in [0.1, 0.15) is 0 Å². The van der Waals surface area contributed by atoms with Crippen LogP contribution in [0.4, 0.5) is 0 Å². The van der Waals surface area contributed by atoms with E-state index in [0.29, 0.717) is 18.7 Å². The van der Waals surface area contributed by atoms with Gasteiger partial charge in [0.25, 0.3) is 5.91 Å². The van der Waals surface area contributed by atoms with Gasteiger partial charge in [-0.2, -0.15) is 5.26 Å². The number of aryl methyl sites for hydroxylation is 1. The summed E-state index contributed by atoms with van der Waals surface area (Å²) in [6.45, 7) is 3.00. The molecule has 0 unspecified atom stereocenters. The van der Waals surface area contributed by atoms with Crippen molar-refractivity contribution in [2.45, 2.75) is 19.8 Å². The van der Waals surface area contributed by atoms with E-state index in [0.717, 1.165) is 12.8 Å². The molecule has 2 heterocycles. The number of hydrogen-bond acceptors (Lipinski definition) is 3. The third kappa shape index (κ3) is 2.68. The summed E-state index contributed by atoms with van der Waals surface area (Å²) in [6, 6.07) is 5.22. The Kier molecular flexibility index (Phi) is 3.43. The smallest absolute Gasteiger partial charge is 0.255 e. The first-order valence-electron chi connectivity index (χ1n) is 6.32. The fourth-order valence-corrected chi connectivity index (χ4v) is 2.41. The van der Waals surface area contributed by atoms with Crippen molar-refractivity contribution < 1.29 is 4.79 Å². The third-order valence-corrected chi connectivity index (χ3v) is 3.59. The van der Waals surface area contributed by atoms with Gasteiger partial charge >= 0.3 is 0 Å². The standard InChI is InChI=1S/C14H17N3O2/c1-14(9-15)6-3-7-17(10-14)13(19)11-4-5-12(18)16(2)8-11/h4-5,8H,3,6-7,10H2,1-2H3/t14-/m0/s1. The first kappa shape index (κ1) is 13.3. The normalized spacial score (nSPS) is 22.9. The molecule has 2 rings (SSSR count). The number of piperidine rings is 1. The zero-order chi connectivity index (χ0) is 14.0. The number of amides is 1. The Hall–Kier alpha value is -2.09. The Morgan fingerprint density at radius 1 is 1.47 bits per heavy atom. The van der Waals surface area contributed by atoms with E-state index in [2.05, 4.69) is 6.07 Å². The molecule has 0 aromatic carbocycles. The highest BCUT2D eigenvalue weighted by molar-refractivity contribution is 5.94. The van der Waals surface area contributed by atoms with E-state index in [1.54, 1.807) is 24.2 Å². The van der Waals surface area contributed by atoms with Crippen LogP contribution in [0.5, 0.6) is 0 Å². The molecule has 19 heavy (non-hydrogen) atoms. The molecule has 1 fully saturated rings. The first-order chi connectivity index (χ1) is 8.95. The molecule has 1 amide bonds. The van der Waals surface area contributed by atoms with Crippen LogP contribution in [-0.4, -0.2) is 28.5 Å². The molecular formula is C14H17N3O2. The Balaban J connectivity index is 2.22. The number of nitriles is 1. The van der Waals surface area contributed by atoms with Gasteiger partial charge in [0.05, 0.1) is 17.0 Å². The lowest BCUT2D eigenvalue weighted by Crippen LogP contribution is -2.44. The Morgan fingerprint density at radius 2 is 2.21 bits per heavy atom. The molecule has 0 N–H and O–H groups in total. The number of aromatic nitrogens is 1. The monoisotopic (exact) mass is 259 g/mol. The van der Waals surface area contributed by atoms with Crippen molar-refractivity contribution >= 4 is 5.91 Å². The minimum Gasteiger partial charge on any atom is -0.337 e. The number of nitrogens with zero attached hydrogens (tertiary/aromatic N) is 3. The maximum atomic E-state index is 12.4. The molecule has 1 aliphatic rings. The minimum atomic E-state index is -0.464. The fraction of sp³-hybridized carbons (Fsp3) is 0.500. The van der Waals surface area contributed by atoms with Crippen LogP contribution in [0.15, 0.2) is 23.1 Å². The lowest BCUT2D eigenvalue weighted by atomic mass is 9.83. The van der Waals surface area contributed by atoms with Gasteiger partial charge in [0.2, 0.25) is 5.56 Å². The summed E-state index contributed by atoms with van der Waals surface area (Å²) in [6.07, 6.45) is 3.20. The Morgan fingerprint density at radius 3 is 2.84 bits per heavy atom. The van der Waals surface area contributed by atoms with Gasteiger partial charge in [-0.05, 0) is 25.8 Å². The highest BCUT2D eigenvalue weighted by Crippen LogP contribution is 2.29. The van der Waals surface area contributed by atoms with Crippen molar-refractivity contribution in [1.82, 2.24) is 9.47 Å².